The molecule has 4 aromatic carbocycles. The number of carbonyl (C=O) groups excluding carboxylic acids is 1. The van der Waals surface area contributed by atoms with Gasteiger partial charge in [0.25, 0.3) is 5.91 Å². The fourth-order valence-electron chi connectivity index (χ4n) is 3.58. The van der Waals surface area contributed by atoms with E-state index in [0.717, 1.165) is 20.1 Å². The second-order valence-electron chi connectivity index (χ2n) is 7.36. The first-order valence-electron chi connectivity index (χ1n) is 10.5. The Labute approximate surface area is 211 Å². The summed E-state index contributed by atoms with van der Waals surface area (Å²) in [5, 5.41) is 6.42. The third-order valence-corrected chi connectivity index (χ3v) is 6.04. The normalized spacial score (nSPS) is 10.9. The van der Waals surface area contributed by atoms with Gasteiger partial charge in [-0.2, -0.15) is 5.10 Å². The molecule has 0 aliphatic rings. The van der Waals surface area contributed by atoms with Crippen molar-refractivity contribution in [1.82, 2.24) is 5.43 Å². The summed E-state index contributed by atoms with van der Waals surface area (Å²) in [6.07, 6.45) is 1.56. The number of fused-ring (bicyclic) bond motifs is 1. The highest BCUT2D eigenvalue weighted by molar-refractivity contribution is 14.1. The third kappa shape index (κ3) is 5.31. The van der Waals surface area contributed by atoms with Gasteiger partial charge in [-0.25, -0.2) is 5.43 Å². The third-order valence-electron chi connectivity index (χ3n) is 5.24. The van der Waals surface area contributed by atoms with Gasteiger partial charge in [-0.3, -0.25) is 4.79 Å². The Morgan fingerprint density at radius 2 is 1.68 bits per heavy atom. The molecule has 0 saturated carbocycles. The van der Waals surface area contributed by atoms with Crippen molar-refractivity contribution in [1.29, 1.82) is 0 Å². The summed E-state index contributed by atoms with van der Waals surface area (Å²) in [6.45, 7) is 0.413. The fraction of sp³-hybridized carbons (Fsp3) is 0.111. The summed E-state index contributed by atoms with van der Waals surface area (Å²) >= 11 is 2.21. The number of amides is 1. The van der Waals surface area contributed by atoms with E-state index >= 15 is 0 Å². The number of rotatable bonds is 8. The van der Waals surface area contributed by atoms with E-state index in [1.165, 1.54) is 12.5 Å². The van der Waals surface area contributed by atoms with Crippen molar-refractivity contribution < 1.29 is 19.0 Å². The molecule has 0 fully saturated rings. The maximum absolute atomic E-state index is 12.4. The van der Waals surface area contributed by atoms with Gasteiger partial charge in [0, 0.05) is 0 Å². The lowest BCUT2D eigenvalue weighted by Crippen LogP contribution is -2.18. The summed E-state index contributed by atoms with van der Waals surface area (Å²) in [5.74, 6) is 1.38. The Balaban J connectivity index is 1.49. The maximum atomic E-state index is 12.4. The number of halogens is 1. The molecule has 4 aromatic rings. The zero-order chi connectivity index (χ0) is 23.9. The molecule has 7 heteroatoms. The summed E-state index contributed by atoms with van der Waals surface area (Å²) in [4.78, 5) is 12.4. The van der Waals surface area contributed by atoms with Crippen molar-refractivity contribution in [3.05, 3.63) is 99.1 Å². The molecule has 0 aliphatic heterocycles. The molecule has 0 unspecified atom stereocenters. The lowest BCUT2D eigenvalue weighted by molar-refractivity contribution is 0.0952. The van der Waals surface area contributed by atoms with E-state index < -0.39 is 0 Å². The Morgan fingerprint density at radius 1 is 0.941 bits per heavy atom. The summed E-state index contributed by atoms with van der Waals surface area (Å²) in [5.41, 5.74) is 4.80. The molecule has 0 saturated heterocycles. The van der Waals surface area contributed by atoms with Gasteiger partial charge in [-0.15, -0.1) is 0 Å². The van der Waals surface area contributed by atoms with E-state index in [1.807, 2.05) is 30.3 Å². The lowest BCUT2D eigenvalue weighted by Gasteiger charge is -2.14. The van der Waals surface area contributed by atoms with Crippen molar-refractivity contribution in [2.24, 2.45) is 5.10 Å². The number of nitrogens with one attached hydrogen (secondary N) is 1. The van der Waals surface area contributed by atoms with E-state index in [-0.39, 0.29) is 5.91 Å². The van der Waals surface area contributed by atoms with Crippen LogP contribution in [-0.4, -0.2) is 26.3 Å². The Hall–Kier alpha value is -3.59. The van der Waals surface area contributed by atoms with Crippen LogP contribution in [0.1, 0.15) is 21.5 Å². The second-order valence-corrected chi connectivity index (χ2v) is 8.52. The minimum absolute atomic E-state index is 0.356. The number of hydrogen-bond acceptors (Lipinski definition) is 5. The van der Waals surface area contributed by atoms with Crippen LogP contribution in [0.4, 0.5) is 0 Å². The Bertz CT molecular complexity index is 1350. The molecule has 0 spiro atoms. The number of ether oxygens (including phenoxy) is 3. The molecule has 0 atom stereocenters. The van der Waals surface area contributed by atoms with Crippen LogP contribution in [-0.2, 0) is 6.61 Å². The molecule has 0 heterocycles. The molecule has 34 heavy (non-hydrogen) atoms. The first kappa shape index (κ1) is 23.6. The number of para-hydroxylation sites is 1. The number of hydrogen-bond donors (Lipinski definition) is 1. The Morgan fingerprint density at radius 3 is 2.50 bits per heavy atom. The van der Waals surface area contributed by atoms with Crippen LogP contribution in [0.15, 0.2) is 84.0 Å². The zero-order valence-corrected chi connectivity index (χ0v) is 20.9. The quantitative estimate of drug-likeness (QED) is 0.166. The van der Waals surface area contributed by atoms with Gasteiger partial charge in [-0.05, 0) is 68.8 Å². The van der Waals surface area contributed by atoms with Gasteiger partial charge >= 0.3 is 0 Å². The molecular formula is C27H23IN2O4. The molecule has 0 radical (unpaired) electrons. The lowest BCUT2D eigenvalue weighted by atomic mass is 10.1. The summed E-state index contributed by atoms with van der Waals surface area (Å²) < 4.78 is 17.8. The van der Waals surface area contributed by atoms with Gasteiger partial charge < -0.3 is 14.2 Å². The van der Waals surface area contributed by atoms with Gasteiger partial charge in [0.2, 0.25) is 0 Å². The number of carbonyl (C=O) groups is 1. The topological polar surface area (TPSA) is 69.2 Å². The van der Waals surface area contributed by atoms with Crippen molar-refractivity contribution in [2.45, 2.75) is 6.61 Å². The van der Waals surface area contributed by atoms with Crippen molar-refractivity contribution in [3.63, 3.8) is 0 Å². The second kappa shape index (κ2) is 11.0. The number of hydrazone groups is 1. The minimum Gasteiger partial charge on any atom is -0.496 e. The van der Waals surface area contributed by atoms with Crippen LogP contribution in [0.3, 0.4) is 0 Å². The number of nitrogens with zero attached hydrogens (tertiary/aromatic N) is 1. The molecule has 6 nitrogen and oxygen atoms in total. The first-order valence-corrected chi connectivity index (χ1v) is 11.6. The molecule has 1 N–H and O–H groups in total. The molecule has 0 aromatic heterocycles. The molecule has 0 bridgehead atoms. The van der Waals surface area contributed by atoms with Crippen LogP contribution in [0, 0.1) is 3.57 Å². The number of methoxy groups -OCH3 is 2. The molecule has 172 valence electrons. The molecule has 1 amide bonds. The first-order chi connectivity index (χ1) is 16.6. The largest absolute Gasteiger partial charge is 0.496 e. The smallest absolute Gasteiger partial charge is 0.275 e. The average molecular weight is 566 g/mol. The highest BCUT2D eigenvalue weighted by Crippen LogP contribution is 2.34. The Kier molecular flexibility index (Phi) is 7.64. The van der Waals surface area contributed by atoms with E-state index in [0.29, 0.717) is 29.4 Å². The fourth-order valence-corrected chi connectivity index (χ4v) is 4.36. The highest BCUT2D eigenvalue weighted by atomic mass is 127. The predicted octanol–water partition coefficient (Wildman–Crippen LogP) is 5.80. The van der Waals surface area contributed by atoms with Crippen molar-refractivity contribution in [2.75, 3.05) is 14.2 Å². The molecule has 0 aliphatic carbocycles. The van der Waals surface area contributed by atoms with Crippen molar-refractivity contribution >= 4 is 45.5 Å². The standard InChI is InChI=1S/C27H23IN2O4/c1-32-24-13-6-5-12-22(24)27(31)30-29-16-18-14-23(28)26(25(15-18)33-2)34-17-20-10-7-9-19-8-3-4-11-21(19)20/h3-16H,17H2,1-2H3,(H,30,31)/b29-16+. The predicted molar refractivity (Wildman–Crippen MR) is 142 cm³/mol. The van der Waals surface area contributed by atoms with Crippen LogP contribution in [0.2, 0.25) is 0 Å². The van der Waals surface area contributed by atoms with Gasteiger partial charge in [0.15, 0.2) is 11.5 Å². The van der Waals surface area contributed by atoms with Gasteiger partial charge in [0.05, 0.1) is 29.6 Å². The maximum Gasteiger partial charge on any atom is 0.275 e. The highest BCUT2D eigenvalue weighted by Gasteiger charge is 2.13. The van der Waals surface area contributed by atoms with Crippen LogP contribution in [0.5, 0.6) is 17.2 Å². The van der Waals surface area contributed by atoms with E-state index in [2.05, 4.69) is 57.4 Å². The molecular weight excluding hydrogens is 543 g/mol. The van der Waals surface area contributed by atoms with Crippen LogP contribution in [0.25, 0.3) is 10.8 Å². The van der Waals surface area contributed by atoms with Crippen molar-refractivity contribution in [3.8, 4) is 17.2 Å². The van der Waals surface area contributed by atoms with E-state index in [1.54, 1.807) is 37.6 Å². The number of benzene rings is 4. The average Bonchev–Trinajstić information content (AvgIpc) is 2.87. The monoisotopic (exact) mass is 566 g/mol. The summed E-state index contributed by atoms with van der Waals surface area (Å²) in [7, 11) is 3.12. The summed E-state index contributed by atoms with van der Waals surface area (Å²) in [6, 6.07) is 25.1. The van der Waals surface area contributed by atoms with Gasteiger partial charge in [-0.1, -0.05) is 54.6 Å². The zero-order valence-electron chi connectivity index (χ0n) is 18.7. The SMILES string of the molecule is COc1ccccc1C(=O)N/N=C/c1cc(I)c(OCc2cccc3ccccc23)c(OC)c1. The van der Waals surface area contributed by atoms with Gasteiger partial charge in [0.1, 0.15) is 12.4 Å². The molecule has 4 rings (SSSR count). The van der Waals surface area contributed by atoms with E-state index in [4.69, 9.17) is 14.2 Å². The minimum atomic E-state index is -0.356. The van der Waals surface area contributed by atoms with Crippen LogP contribution >= 0.6 is 22.6 Å². The van der Waals surface area contributed by atoms with E-state index in [9.17, 15) is 4.79 Å². The van der Waals surface area contributed by atoms with Crippen LogP contribution < -0.4 is 19.6 Å².